The molecule has 4 rings (SSSR count). The van der Waals surface area contributed by atoms with Gasteiger partial charge in [0.25, 0.3) is 0 Å². The molecular weight excluding hydrogens is 362 g/mol. The van der Waals surface area contributed by atoms with Gasteiger partial charge < -0.3 is 4.52 Å². The average molecular weight is 381 g/mol. The van der Waals surface area contributed by atoms with Crippen molar-refractivity contribution < 1.29 is 17.7 Å². The summed E-state index contributed by atoms with van der Waals surface area (Å²) >= 11 is 0. The summed E-state index contributed by atoms with van der Waals surface area (Å²) < 4.78 is 29.5. The van der Waals surface area contributed by atoms with Gasteiger partial charge >= 0.3 is 0 Å². The minimum Gasteiger partial charge on any atom is -0.360 e. The monoisotopic (exact) mass is 381 g/mol. The number of hydrogen-bond donors (Lipinski definition) is 0. The summed E-state index contributed by atoms with van der Waals surface area (Å²) in [4.78, 5) is 13.4. The maximum atomic E-state index is 13.1. The summed E-state index contributed by atoms with van der Waals surface area (Å²) in [5.74, 6) is 0.807. The van der Waals surface area contributed by atoms with Gasteiger partial charge in [-0.15, -0.1) is 0 Å². The molecule has 0 saturated heterocycles. The Morgan fingerprint density at radius 1 is 1.04 bits per heavy atom. The number of carbonyl (C=O) groups is 1. The van der Waals surface area contributed by atoms with Gasteiger partial charge in [0.15, 0.2) is 21.4 Å². The lowest BCUT2D eigenvalue weighted by atomic mass is 9.94. The van der Waals surface area contributed by atoms with E-state index in [1.165, 1.54) is 12.5 Å². The number of benzene rings is 2. The fourth-order valence-electron chi connectivity index (χ4n) is 3.32. The van der Waals surface area contributed by atoms with Gasteiger partial charge in [0, 0.05) is 17.7 Å². The predicted molar refractivity (Wildman–Crippen MR) is 101 cm³/mol. The van der Waals surface area contributed by atoms with Gasteiger partial charge in [0.05, 0.1) is 16.7 Å². The Morgan fingerprint density at radius 3 is 2.41 bits per heavy atom. The number of hydrogen-bond acceptors (Lipinski definition) is 5. The highest BCUT2D eigenvalue weighted by atomic mass is 32.2. The fraction of sp³-hybridized carbons (Fsp3) is 0.238. The smallest absolute Gasteiger partial charge is 0.198 e. The molecule has 0 radical (unpaired) electrons. The number of nitrogens with zero attached hydrogens (tertiary/aromatic N) is 1. The van der Waals surface area contributed by atoms with Crippen LogP contribution in [0.25, 0.3) is 0 Å². The van der Waals surface area contributed by atoms with E-state index >= 15 is 0 Å². The molecule has 5 nitrogen and oxygen atoms in total. The van der Waals surface area contributed by atoms with Gasteiger partial charge in [0.2, 0.25) is 0 Å². The van der Waals surface area contributed by atoms with E-state index in [1.54, 1.807) is 30.3 Å². The number of carbonyl (C=O) groups excluding carboxylic acids is 1. The lowest BCUT2D eigenvalue weighted by molar-refractivity contribution is 0.103. The second kappa shape index (κ2) is 6.78. The van der Waals surface area contributed by atoms with Crippen LogP contribution in [-0.4, -0.2) is 25.6 Å². The molecule has 2 aromatic carbocycles. The minimum absolute atomic E-state index is 0.134. The molecule has 0 atom stereocenters. The summed E-state index contributed by atoms with van der Waals surface area (Å²) in [5, 5.41) is 3.81. The van der Waals surface area contributed by atoms with Crippen molar-refractivity contribution in [2.75, 3.05) is 6.26 Å². The summed E-state index contributed by atoms with van der Waals surface area (Å²) in [7, 11) is -3.35. The Morgan fingerprint density at radius 2 is 1.70 bits per heavy atom. The van der Waals surface area contributed by atoms with Crippen LogP contribution < -0.4 is 0 Å². The van der Waals surface area contributed by atoms with E-state index in [-0.39, 0.29) is 16.6 Å². The van der Waals surface area contributed by atoms with E-state index in [2.05, 4.69) is 5.16 Å². The molecule has 0 N–H and O–H groups in total. The van der Waals surface area contributed by atoms with E-state index in [0.29, 0.717) is 28.9 Å². The molecule has 3 aromatic rings. The molecule has 0 spiro atoms. The summed E-state index contributed by atoms with van der Waals surface area (Å²) in [6.45, 7) is 0. The predicted octanol–water partition coefficient (Wildman–Crippen LogP) is 3.78. The Bertz CT molecular complexity index is 1110. The van der Waals surface area contributed by atoms with Gasteiger partial charge in [-0.2, -0.15) is 0 Å². The molecule has 0 aliphatic heterocycles. The van der Waals surface area contributed by atoms with Crippen LogP contribution in [0.3, 0.4) is 0 Å². The van der Waals surface area contributed by atoms with Crippen molar-refractivity contribution in [1.29, 1.82) is 0 Å². The first kappa shape index (κ1) is 17.7. The van der Waals surface area contributed by atoms with E-state index in [0.717, 1.165) is 18.4 Å². The summed E-state index contributed by atoms with van der Waals surface area (Å²) in [6, 6.07) is 14.2. The quantitative estimate of drug-likeness (QED) is 0.607. The summed E-state index contributed by atoms with van der Waals surface area (Å²) in [6.07, 6.45) is 5.06. The molecule has 0 bridgehead atoms. The molecule has 1 heterocycles. The lowest BCUT2D eigenvalue weighted by Gasteiger charge is -2.11. The molecule has 0 amide bonds. The molecular formula is C21H19NO4S. The normalized spacial score (nSPS) is 14.3. The van der Waals surface area contributed by atoms with Crippen molar-refractivity contribution in [1.82, 2.24) is 5.16 Å². The fourth-order valence-corrected chi connectivity index (χ4v) is 4.26. The van der Waals surface area contributed by atoms with Crippen molar-refractivity contribution in [3.63, 3.8) is 0 Å². The van der Waals surface area contributed by atoms with Gasteiger partial charge in [-0.05, 0) is 36.5 Å². The van der Waals surface area contributed by atoms with E-state index in [1.807, 2.05) is 18.2 Å². The standard InChI is InChI=1S/C21H19NO4S/c1-27(24,25)19-9-5-3-7-16(19)12-15-6-2-4-8-17(15)20(23)18-13-22-26-21(18)14-10-11-14/h2-9,13-14H,10-12H2,1H3. The van der Waals surface area contributed by atoms with Gasteiger partial charge in [-0.25, -0.2) is 8.42 Å². The molecule has 1 aliphatic carbocycles. The van der Waals surface area contributed by atoms with Crippen molar-refractivity contribution in [2.24, 2.45) is 0 Å². The van der Waals surface area contributed by atoms with Crippen LogP contribution in [0.4, 0.5) is 0 Å². The molecule has 27 heavy (non-hydrogen) atoms. The first-order valence-corrected chi connectivity index (χ1v) is 10.7. The molecule has 1 saturated carbocycles. The van der Waals surface area contributed by atoms with E-state index in [9.17, 15) is 13.2 Å². The third-order valence-corrected chi connectivity index (χ3v) is 6.00. The zero-order valence-corrected chi connectivity index (χ0v) is 15.7. The van der Waals surface area contributed by atoms with Crippen LogP contribution in [0.5, 0.6) is 0 Å². The van der Waals surface area contributed by atoms with Crippen LogP contribution in [0.15, 0.2) is 64.1 Å². The second-order valence-corrected chi connectivity index (χ2v) is 8.91. The largest absolute Gasteiger partial charge is 0.360 e. The lowest BCUT2D eigenvalue weighted by Crippen LogP contribution is -2.09. The highest BCUT2D eigenvalue weighted by Gasteiger charge is 2.33. The van der Waals surface area contributed by atoms with Gasteiger partial charge in [0.1, 0.15) is 0 Å². The first-order chi connectivity index (χ1) is 12.9. The summed E-state index contributed by atoms with van der Waals surface area (Å²) in [5.41, 5.74) is 2.50. The SMILES string of the molecule is CS(=O)(=O)c1ccccc1Cc1ccccc1C(=O)c1cnoc1C1CC1. The van der Waals surface area contributed by atoms with Crippen molar-refractivity contribution in [3.05, 3.63) is 82.7 Å². The van der Waals surface area contributed by atoms with Crippen LogP contribution >= 0.6 is 0 Å². The molecule has 1 aromatic heterocycles. The number of aromatic nitrogens is 1. The van der Waals surface area contributed by atoms with Gasteiger partial charge in [-0.3, -0.25) is 4.79 Å². The van der Waals surface area contributed by atoms with E-state index < -0.39 is 9.84 Å². The minimum atomic E-state index is -3.35. The topological polar surface area (TPSA) is 77.2 Å². The second-order valence-electron chi connectivity index (χ2n) is 6.92. The van der Waals surface area contributed by atoms with Crippen LogP contribution in [0.2, 0.25) is 0 Å². The Hall–Kier alpha value is -2.73. The maximum Gasteiger partial charge on any atom is 0.198 e. The van der Waals surface area contributed by atoms with Crippen molar-refractivity contribution in [2.45, 2.75) is 30.1 Å². The molecule has 1 fully saturated rings. The van der Waals surface area contributed by atoms with Gasteiger partial charge in [-0.1, -0.05) is 47.6 Å². The third kappa shape index (κ3) is 3.57. The third-order valence-electron chi connectivity index (χ3n) is 4.81. The highest BCUT2D eigenvalue weighted by Crippen LogP contribution is 2.42. The molecule has 1 aliphatic rings. The zero-order chi connectivity index (χ0) is 19.0. The maximum absolute atomic E-state index is 13.1. The van der Waals surface area contributed by atoms with Crippen LogP contribution in [0.1, 0.15) is 51.6 Å². The molecule has 138 valence electrons. The average Bonchev–Trinajstić information content (AvgIpc) is 3.38. The first-order valence-electron chi connectivity index (χ1n) is 8.80. The van der Waals surface area contributed by atoms with Crippen LogP contribution in [-0.2, 0) is 16.3 Å². The van der Waals surface area contributed by atoms with Crippen molar-refractivity contribution in [3.8, 4) is 0 Å². The molecule has 6 heteroatoms. The number of sulfone groups is 1. The van der Waals surface area contributed by atoms with Crippen molar-refractivity contribution >= 4 is 15.6 Å². The Balaban J connectivity index is 1.73. The Labute approximate surface area is 157 Å². The number of rotatable bonds is 6. The number of ketones is 1. The zero-order valence-electron chi connectivity index (χ0n) is 14.9. The Kier molecular flexibility index (Phi) is 4.44. The molecule has 0 unspecified atom stereocenters. The highest BCUT2D eigenvalue weighted by molar-refractivity contribution is 7.90. The van der Waals surface area contributed by atoms with E-state index in [4.69, 9.17) is 4.52 Å². The van der Waals surface area contributed by atoms with Crippen LogP contribution in [0, 0.1) is 0 Å².